The van der Waals surface area contributed by atoms with E-state index in [2.05, 4.69) is 0 Å². The fourth-order valence-electron chi connectivity index (χ4n) is 2.19. The molecule has 0 saturated heterocycles. The molecule has 0 aliphatic carbocycles. The van der Waals surface area contributed by atoms with Crippen LogP contribution in [0.1, 0.15) is 0 Å². The van der Waals surface area contributed by atoms with Crippen LogP contribution in [-0.4, -0.2) is 15.3 Å². The van der Waals surface area contributed by atoms with Crippen molar-refractivity contribution in [2.24, 2.45) is 0 Å². The van der Waals surface area contributed by atoms with Crippen LogP contribution < -0.4 is 0 Å². The first-order valence-corrected chi connectivity index (χ1v) is 5.90. The molecular formula is C16H12O3. The largest absolute Gasteiger partial charge is 0.507 e. The lowest BCUT2D eigenvalue weighted by Gasteiger charge is -2.08. The molecule has 94 valence electrons. The third-order valence-electron chi connectivity index (χ3n) is 3.19. The summed E-state index contributed by atoms with van der Waals surface area (Å²) in [6.45, 7) is 0. The van der Waals surface area contributed by atoms with E-state index in [1.807, 2.05) is 18.2 Å². The number of rotatable bonds is 1. The van der Waals surface area contributed by atoms with Gasteiger partial charge in [0.05, 0.1) is 0 Å². The topological polar surface area (TPSA) is 60.7 Å². The molecule has 3 N–H and O–H groups in total. The van der Waals surface area contributed by atoms with Gasteiger partial charge in [-0.25, -0.2) is 0 Å². The van der Waals surface area contributed by atoms with Crippen molar-refractivity contribution in [2.75, 3.05) is 0 Å². The van der Waals surface area contributed by atoms with Crippen LogP contribution in [0.15, 0.2) is 54.6 Å². The minimum absolute atomic E-state index is 0.124. The molecule has 0 radical (unpaired) electrons. The van der Waals surface area contributed by atoms with Crippen molar-refractivity contribution in [1.29, 1.82) is 0 Å². The highest BCUT2D eigenvalue weighted by atomic mass is 16.3. The summed E-state index contributed by atoms with van der Waals surface area (Å²) in [4.78, 5) is 0. The van der Waals surface area contributed by atoms with Crippen molar-refractivity contribution in [3.8, 4) is 28.4 Å². The third kappa shape index (κ3) is 1.85. The second-order valence-corrected chi connectivity index (χ2v) is 4.39. The molecule has 0 atom stereocenters. The standard InChI is InChI=1S/C16H12O3/c17-14-4-2-1-3-12(14)10-5-7-13-11(9-10)6-8-15(18)16(13)19/h1-9,17-19H. The molecular weight excluding hydrogens is 240 g/mol. The van der Waals surface area contributed by atoms with Crippen LogP contribution in [0.4, 0.5) is 0 Å². The highest BCUT2D eigenvalue weighted by Gasteiger charge is 2.08. The Labute approximate surface area is 110 Å². The minimum Gasteiger partial charge on any atom is -0.507 e. The van der Waals surface area contributed by atoms with Crippen molar-refractivity contribution in [2.45, 2.75) is 0 Å². The lowest BCUT2D eigenvalue weighted by atomic mass is 10.00. The Morgan fingerprint density at radius 3 is 2.26 bits per heavy atom. The summed E-state index contributed by atoms with van der Waals surface area (Å²) in [6, 6.07) is 15.7. The Morgan fingerprint density at radius 1 is 0.684 bits per heavy atom. The van der Waals surface area contributed by atoms with Crippen LogP contribution in [0.25, 0.3) is 21.9 Å². The molecule has 3 aromatic carbocycles. The zero-order valence-electron chi connectivity index (χ0n) is 10.0. The smallest absolute Gasteiger partial charge is 0.165 e. The number of aromatic hydroxyl groups is 3. The molecule has 0 amide bonds. The maximum absolute atomic E-state index is 9.85. The lowest BCUT2D eigenvalue weighted by Crippen LogP contribution is -1.81. The van der Waals surface area contributed by atoms with E-state index < -0.39 is 0 Å². The summed E-state index contributed by atoms with van der Waals surface area (Å²) in [5, 5.41) is 30.5. The van der Waals surface area contributed by atoms with Crippen molar-refractivity contribution in [1.82, 2.24) is 0 Å². The van der Waals surface area contributed by atoms with Gasteiger partial charge in [-0.1, -0.05) is 30.3 Å². The van der Waals surface area contributed by atoms with E-state index in [0.717, 1.165) is 16.5 Å². The summed E-state index contributed by atoms with van der Waals surface area (Å²) in [7, 11) is 0. The molecule has 3 heteroatoms. The molecule has 19 heavy (non-hydrogen) atoms. The average molecular weight is 252 g/mol. The zero-order valence-corrected chi connectivity index (χ0v) is 10.0. The van der Waals surface area contributed by atoms with Gasteiger partial charge in [0, 0.05) is 10.9 Å². The Hall–Kier alpha value is -2.68. The summed E-state index contributed by atoms with van der Waals surface area (Å²) >= 11 is 0. The second kappa shape index (κ2) is 4.21. The third-order valence-corrected chi connectivity index (χ3v) is 3.19. The maximum Gasteiger partial charge on any atom is 0.165 e. The molecule has 0 saturated carbocycles. The van der Waals surface area contributed by atoms with Gasteiger partial charge in [-0.3, -0.25) is 0 Å². The predicted molar refractivity (Wildman–Crippen MR) is 74.4 cm³/mol. The fourth-order valence-corrected chi connectivity index (χ4v) is 2.19. The number of phenols is 3. The van der Waals surface area contributed by atoms with Crippen molar-refractivity contribution in [3.05, 3.63) is 54.6 Å². The molecule has 0 spiro atoms. The predicted octanol–water partition coefficient (Wildman–Crippen LogP) is 3.62. The summed E-state index contributed by atoms with van der Waals surface area (Å²) < 4.78 is 0. The molecule has 0 aliphatic heterocycles. The number of fused-ring (bicyclic) bond motifs is 1. The Balaban J connectivity index is 2.23. The second-order valence-electron chi connectivity index (χ2n) is 4.39. The molecule has 3 aromatic rings. The minimum atomic E-state index is -0.136. The van der Waals surface area contributed by atoms with Crippen molar-refractivity contribution in [3.63, 3.8) is 0 Å². The van der Waals surface area contributed by atoms with Gasteiger partial charge in [0.2, 0.25) is 0 Å². The highest BCUT2D eigenvalue weighted by molar-refractivity contribution is 5.93. The van der Waals surface area contributed by atoms with Crippen LogP contribution >= 0.6 is 0 Å². The average Bonchev–Trinajstić information content (AvgIpc) is 2.43. The SMILES string of the molecule is Oc1ccccc1-c1ccc2c(O)c(O)ccc2c1. The van der Waals surface area contributed by atoms with Gasteiger partial charge in [0.1, 0.15) is 5.75 Å². The van der Waals surface area contributed by atoms with E-state index in [4.69, 9.17) is 0 Å². The van der Waals surface area contributed by atoms with E-state index in [1.54, 1.807) is 30.3 Å². The molecule has 0 aliphatic rings. The van der Waals surface area contributed by atoms with Crippen molar-refractivity contribution < 1.29 is 15.3 Å². The van der Waals surface area contributed by atoms with Crippen LogP contribution in [0.2, 0.25) is 0 Å². The summed E-state index contributed by atoms with van der Waals surface area (Å²) in [6.07, 6.45) is 0. The molecule has 0 bridgehead atoms. The van der Waals surface area contributed by atoms with Crippen LogP contribution in [0.5, 0.6) is 17.2 Å². The monoisotopic (exact) mass is 252 g/mol. The van der Waals surface area contributed by atoms with Crippen LogP contribution in [-0.2, 0) is 0 Å². The molecule has 0 unspecified atom stereocenters. The summed E-state index contributed by atoms with van der Waals surface area (Å²) in [5.41, 5.74) is 1.59. The van der Waals surface area contributed by atoms with Crippen LogP contribution in [0, 0.1) is 0 Å². The van der Waals surface area contributed by atoms with Gasteiger partial charge in [-0.15, -0.1) is 0 Å². The highest BCUT2D eigenvalue weighted by Crippen LogP contribution is 2.37. The van der Waals surface area contributed by atoms with Gasteiger partial charge in [0.25, 0.3) is 0 Å². The number of benzene rings is 3. The fraction of sp³-hybridized carbons (Fsp3) is 0. The number of hydrogen-bond acceptors (Lipinski definition) is 3. The molecule has 0 heterocycles. The van der Waals surface area contributed by atoms with E-state index in [9.17, 15) is 15.3 Å². The lowest BCUT2D eigenvalue weighted by molar-refractivity contribution is 0.408. The number of phenolic OH excluding ortho intramolecular Hbond substituents is 3. The van der Waals surface area contributed by atoms with E-state index >= 15 is 0 Å². The van der Waals surface area contributed by atoms with Gasteiger partial charge in [-0.05, 0) is 35.2 Å². The molecule has 3 rings (SSSR count). The van der Waals surface area contributed by atoms with Crippen molar-refractivity contribution >= 4 is 10.8 Å². The number of hydrogen-bond donors (Lipinski definition) is 3. The zero-order chi connectivity index (χ0) is 13.4. The summed E-state index contributed by atoms with van der Waals surface area (Å²) in [5.74, 6) is -0.0472. The quantitative estimate of drug-likeness (QED) is 0.580. The normalized spacial score (nSPS) is 10.7. The van der Waals surface area contributed by atoms with Gasteiger partial charge in [-0.2, -0.15) is 0 Å². The molecule has 0 fully saturated rings. The van der Waals surface area contributed by atoms with E-state index in [1.165, 1.54) is 6.07 Å². The Bertz CT molecular complexity index is 763. The van der Waals surface area contributed by atoms with Gasteiger partial charge >= 0.3 is 0 Å². The van der Waals surface area contributed by atoms with Gasteiger partial charge < -0.3 is 15.3 Å². The van der Waals surface area contributed by atoms with E-state index in [-0.39, 0.29) is 17.2 Å². The van der Waals surface area contributed by atoms with Crippen LogP contribution in [0.3, 0.4) is 0 Å². The van der Waals surface area contributed by atoms with E-state index in [0.29, 0.717) is 5.39 Å². The number of para-hydroxylation sites is 1. The maximum atomic E-state index is 9.85. The Morgan fingerprint density at radius 2 is 1.47 bits per heavy atom. The molecule has 3 nitrogen and oxygen atoms in total. The van der Waals surface area contributed by atoms with Gasteiger partial charge in [0.15, 0.2) is 11.5 Å². The first kappa shape index (κ1) is 11.4. The Kier molecular flexibility index (Phi) is 2.53. The molecule has 0 aromatic heterocycles. The first-order valence-electron chi connectivity index (χ1n) is 5.90. The first-order chi connectivity index (χ1) is 9.16.